The number of unbranched alkanes of at least 4 members (excludes halogenated alkanes) is 13. The lowest BCUT2D eigenvalue weighted by Crippen LogP contribution is -2.36. The number of anilines is 1. The van der Waals surface area contributed by atoms with Gasteiger partial charge in [-0.15, -0.1) is 0 Å². The first kappa shape index (κ1) is 62.8. The molecule has 2 heterocycles. The van der Waals surface area contributed by atoms with Gasteiger partial charge < -0.3 is 45.1 Å². The molecule has 21 heteroatoms. The summed E-state index contributed by atoms with van der Waals surface area (Å²) < 4.78 is 56.7. The quantitative estimate of drug-likeness (QED) is 0.0117. The molecule has 1 fully saturated rings. The van der Waals surface area contributed by atoms with Crippen molar-refractivity contribution in [2.75, 3.05) is 25.6 Å². The molecule has 0 aromatic carbocycles. The number of aliphatic hydroxyl groups excluding tert-OH is 3. The zero-order chi connectivity index (χ0) is 51.6. The van der Waals surface area contributed by atoms with Crippen molar-refractivity contribution < 1.29 is 71.4 Å². The summed E-state index contributed by atoms with van der Waals surface area (Å²) in [4.78, 5) is 61.9. The van der Waals surface area contributed by atoms with E-state index in [1.807, 2.05) is 36.5 Å². The Kier molecular flexibility index (Phi) is 32.8. The van der Waals surface area contributed by atoms with Crippen LogP contribution in [0.25, 0.3) is 0 Å². The van der Waals surface area contributed by atoms with Crippen molar-refractivity contribution in [3.63, 3.8) is 0 Å². The van der Waals surface area contributed by atoms with Gasteiger partial charge in [0, 0.05) is 19.0 Å². The van der Waals surface area contributed by atoms with Crippen LogP contribution < -0.4 is 11.4 Å². The van der Waals surface area contributed by atoms with E-state index >= 15 is 0 Å². The summed E-state index contributed by atoms with van der Waals surface area (Å²) in [5, 5.41) is 31.0. The normalized spacial score (nSPS) is 20.6. The molecule has 1 aromatic rings. The molecule has 0 radical (unpaired) electrons. The van der Waals surface area contributed by atoms with Crippen molar-refractivity contribution in [2.45, 2.75) is 199 Å². The Bertz CT molecular complexity index is 1890. The number of esters is 2. The first-order valence-electron chi connectivity index (χ1n) is 25.2. The van der Waals surface area contributed by atoms with E-state index in [0.717, 1.165) is 55.2 Å². The summed E-state index contributed by atoms with van der Waals surface area (Å²) in [5.74, 6) is -0.620. The monoisotopic (exact) mass is 1030 g/mol. The molecule has 1 saturated heterocycles. The molecule has 0 saturated carbocycles. The Morgan fingerprint density at radius 1 is 0.814 bits per heavy atom. The van der Waals surface area contributed by atoms with Gasteiger partial charge in [0.15, 0.2) is 12.3 Å². The van der Waals surface area contributed by atoms with Gasteiger partial charge in [0.1, 0.15) is 30.7 Å². The molecular formula is C49H83N3O16P2. The van der Waals surface area contributed by atoms with Crippen LogP contribution in [-0.2, 0) is 46.3 Å². The van der Waals surface area contributed by atoms with Crippen LogP contribution >= 0.6 is 15.6 Å². The summed E-state index contributed by atoms with van der Waals surface area (Å²) in [7, 11) is -10.9. The average Bonchev–Trinajstić information content (AvgIpc) is 3.59. The fourth-order valence-corrected chi connectivity index (χ4v) is 9.30. The number of nitrogen functional groups attached to an aromatic ring is 1. The van der Waals surface area contributed by atoms with Gasteiger partial charge in [-0.25, -0.2) is 13.9 Å². The van der Waals surface area contributed by atoms with Gasteiger partial charge in [-0.2, -0.15) is 9.29 Å². The van der Waals surface area contributed by atoms with Gasteiger partial charge in [0.05, 0.1) is 19.3 Å². The van der Waals surface area contributed by atoms with Crippen molar-refractivity contribution in [2.24, 2.45) is 5.92 Å². The number of carbonyl (C=O) groups excluding carboxylic acids is 2. The predicted octanol–water partition coefficient (Wildman–Crippen LogP) is 8.99. The third-order valence-electron chi connectivity index (χ3n) is 11.5. The number of ether oxygens (including phenoxy) is 3. The van der Waals surface area contributed by atoms with E-state index in [4.69, 9.17) is 29.0 Å². The minimum Gasteiger partial charge on any atom is -0.462 e. The molecule has 1 aliphatic heterocycles. The second-order valence-corrected chi connectivity index (χ2v) is 20.8. The number of aliphatic hydroxyl groups is 3. The maximum absolute atomic E-state index is 12.8. The molecule has 0 spiro atoms. The highest BCUT2D eigenvalue weighted by molar-refractivity contribution is 7.61. The molecule has 3 unspecified atom stereocenters. The third kappa shape index (κ3) is 29.3. The minimum atomic E-state index is -5.44. The smallest absolute Gasteiger partial charge is 0.462 e. The zero-order valence-electron chi connectivity index (χ0n) is 41.6. The van der Waals surface area contributed by atoms with Crippen LogP contribution in [0.4, 0.5) is 5.82 Å². The number of aromatic nitrogens is 2. The standard InChI is InChI=1S/C49H83N3O16P2/c1-4-6-7-8-14-20-25-30-40(53)31-26-21-16-13-18-22-27-32-44(54)63-36-41(66-45(55)33-28-23-17-12-10-9-11-15-19-24-29-39(3)5-2)37-64-69(59,60)68-70(61,62)65-38-42-46(56)47(57)48(67-42)52-35-34-43(50)51-49(52)58/h13-14,18,20-21,25-26,30,34-35,39-42,46-48,53,56-57H,4-12,15-17,19,22-24,27-29,31-33,36-38H2,1-3H3,(H,59,60)(H,61,62)(H2,50,51,58)/b18-13+,20-14-,26-21-,30-25-/t39?,40-,41-,42-,46-,47-,48-/m1/s1. The van der Waals surface area contributed by atoms with Crippen molar-refractivity contribution in [1.29, 1.82) is 0 Å². The summed E-state index contributed by atoms with van der Waals surface area (Å²) in [6.07, 6.45) is 28.0. The van der Waals surface area contributed by atoms with Gasteiger partial charge in [-0.3, -0.25) is 23.2 Å². The van der Waals surface area contributed by atoms with Crippen LogP contribution in [0.5, 0.6) is 0 Å². The van der Waals surface area contributed by atoms with E-state index < -0.39 is 89.8 Å². The number of nitrogens with two attached hydrogens (primary N) is 1. The van der Waals surface area contributed by atoms with Crippen molar-refractivity contribution in [3.8, 4) is 0 Å². The van der Waals surface area contributed by atoms with E-state index in [1.165, 1.54) is 63.9 Å². The molecule has 1 aromatic heterocycles. The minimum absolute atomic E-state index is 0.0168. The SMILES string of the molecule is CCCCC/C=C\C=C/[C@@H](O)C/C=C\C/C=C/CCCC(=O)OC[C@H](COP(=O)(O)OP(=O)(O)OC[C@H]1O[C@@H](n2ccc(N)nc2=O)[C@H](O)[C@@H]1O)OC(=O)CCCCCCCCCCCCC(C)CC. The molecule has 70 heavy (non-hydrogen) atoms. The van der Waals surface area contributed by atoms with Crippen molar-refractivity contribution in [1.82, 2.24) is 9.55 Å². The van der Waals surface area contributed by atoms with Gasteiger partial charge in [-0.05, 0) is 56.9 Å². The number of nitrogens with zero attached hydrogens (tertiary/aromatic N) is 2. The lowest BCUT2D eigenvalue weighted by molar-refractivity contribution is -0.161. The Morgan fingerprint density at radius 3 is 2.14 bits per heavy atom. The van der Waals surface area contributed by atoms with Gasteiger partial charge in [0.25, 0.3) is 0 Å². The fraction of sp³-hybridized carbons (Fsp3) is 0.714. The molecule has 7 N–H and O–H groups in total. The maximum Gasteiger partial charge on any atom is 0.481 e. The molecule has 2 rings (SSSR count). The summed E-state index contributed by atoms with van der Waals surface area (Å²) in [5.41, 5.74) is 4.58. The van der Waals surface area contributed by atoms with Crippen LogP contribution in [0.3, 0.4) is 0 Å². The molecule has 0 bridgehead atoms. The van der Waals surface area contributed by atoms with Gasteiger partial charge in [0.2, 0.25) is 0 Å². The first-order valence-corrected chi connectivity index (χ1v) is 28.1. The molecular weight excluding hydrogens is 948 g/mol. The molecule has 400 valence electrons. The second kappa shape index (κ2) is 36.6. The van der Waals surface area contributed by atoms with Crippen molar-refractivity contribution >= 4 is 33.4 Å². The Balaban J connectivity index is 1.85. The highest BCUT2D eigenvalue weighted by Crippen LogP contribution is 2.60. The van der Waals surface area contributed by atoms with E-state index in [0.29, 0.717) is 32.1 Å². The lowest BCUT2D eigenvalue weighted by Gasteiger charge is -2.21. The number of allylic oxidation sites excluding steroid dienone is 6. The molecule has 19 nitrogen and oxygen atoms in total. The first-order chi connectivity index (χ1) is 33.5. The molecule has 1 aliphatic rings. The number of phosphoric ester groups is 2. The second-order valence-electron chi connectivity index (χ2n) is 17.8. The number of hydrogen-bond donors (Lipinski definition) is 6. The van der Waals surface area contributed by atoms with E-state index in [9.17, 15) is 48.6 Å². The van der Waals surface area contributed by atoms with Gasteiger partial charge in [-0.1, -0.05) is 153 Å². The lowest BCUT2D eigenvalue weighted by atomic mass is 9.99. The number of carbonyl (C=O) groups is 2. The highest BCUT2D eigenvalue weighted by Gasteiger charge is 2.46. The van der Waals surface area contributed by atoms with Crippen LogP contribution in [-0.4, -0.2) is 96.9 Å². The van der Waals surface area contributed by atoms with E-state index in [2.05, 4.69) is 36.1 Å². The molecule has 9 atom stereocenters. The highest BCUT2D eigenvalue weighted by atomic mass is 31.3. The number of rotatable bonds is 40. The number of hydrogen-bond acceptors (Lipinski definition) is 16. The number of phosphoric acid groups is 2. The Hall–Kier alpha value is -3.32. The van der Waals surface area contributed by atoms with Crippen LogP contribution in [0, 0.1) is 5.92 Å². The Labute approximate surface area is 414 Å². The maximum atomic E-state index is 12.8. The van der Waals surface area contributed by atoms with Gasteiger partial charge >= 0.3 is 33.3 Å². The third-order valence-corrected chi connectivity index (χ3v) is 14.1. The topological polar surface area (TPSA) is 286 Å². The van der Waals surface area contributed by atoms with Crippen molar-refractivity contribution in [3.05, 3.63) is 71.4 Å². The predicted molar refractivity (Wildman–Crippen MR) is 267 cm³/mol. The van der Waals surface area contributed by atoms with E-state index in [1.54, 1.807) is 6.08 Å². The average molecular weight is 1030 g/mol. The van der Waals surface area contributed by atoms with Crippen LogP contribution in [0.1, 0.15) is 168 Å². The summed E-state index contributed by atoms with van der Waals surface area (Å²) >= 11 is 0. The fourth-order valence-electron chi connectivity index (χ4n) is 7.18. The van der Waals surface area contributed by atoms with Crippen LogP contribution in [0.15, 0.2) is 65.7 Å². The van der Waals surface area contributed by atoms with E-state index in [-0.39, 0.29) is 18.7 Å². The van der Waals surface area contributed by atoms with Crippen LogP contribution in [0.2, 0.25) is 0 Å². The summed E-state index contributed by atoms with van der Waals surface area (Å²) in [6.45, 7) is 4.30. The molecule has 0 aliphatic carbocycles. The zero-order valence-corrected chi connectivity index (χ0v) is 43.4. The Morgan fingerprint density at radius 2 is 1.46 bits per heavy atom. The molecule has 0 amide bonds. The largest absolute Gasteiger partial charge is 0.481 e. The summed E-state index contributed by atoms with van der Waals surface area (Å²) in [6, 6.07) is 1.24.